The Kier molecular flexibility index (Phi) is 4.60. The van der Waals surface area contributed by atoms with Crippen LogP contribution in [0.3, 0.4) is 0 Å². The number of halogens is 1. The summed E-state index contributed by atoms with van der Waals surface area (Å²) in [6.07, 6.45) is 3.80. The van der Waals surface area contributed by atoms with Gasteiger partial charge in [-0.3, -0.25) is 14.4 Å². The minimum Gasteiger partial charge on any atom is -0.352 e. The molecule has 2 heterocycles. The van der Waals surface area contributed by atoms with Crippen LogP contribution in [0.4, 0.5) is 0 Å². The number of nitrogens with one attached hydrogen (secondary N) is 1. The van der Waals surface area contributed by atoms with Gasteiger partial charge in [0.1, 0.15) is 5.88 Å². The quantitative estimate of drug-likeness (QED) is 0.821. The monoisotopic (exact) mass is 270 g/mol. The van der Waals surface area contributed by atoms with E-state index < -0.39 is 0 Å². The van der Waals surface area contributed by atoms with Crippen molar-refractivity contribution in [1.82, 2.24) is 20.0 Å². The second-order valence-corrected chi connectivity index (χ2v) is 4.96. The van der Waals surface area contributed by atoms with Crippen molar-refractivity contribution in [1.29, 1.82) is 0 Å². The van der Waals surface area contributed by atoms with Crippen LogP contribution < -0.4 is 5.32 Å². The van der Waals surface area contributed by atoms with E-state index in [2.05, 4.69) is 15.3 Å². The Hall–Kier alpha value is -1.07. The molecule has 0 bridgehead atoms. The highest BCUT2D eigenvalue weighted by molar-refractivity contribution is 6.27. The molecule has 0 aliphatic carbocycles. The van der Waals surface area contributed by atoms with Crippen LogP contribution in [-0.4, -0.2) is 45.6 Å². The van der Waals surface area contributed by atoms with E-state index in [1.807, 2.05) is 24.0 Å². The summed E-state index contributed by atoms with van der Waals surface area (Å²) in [5.41, 5.74) is 1.22. The molecule has 1 fully saturated rings. The zero-order chi connectivity index (χ0) is 13.0. The van der Waals surface area contributed by atoms with Crippen molar-refractivity contribution in [3.63, 3.8) is 0 Å². The first-order valence-electron chi connectivity index (χ1n) is 6.23. The van der Waals surface area contributed by atoms with Gasteiger partial charge in [-0.25, -0.2) is 0 Å². The molecule has 18 heavy (non-hydrogen) atoms. The zero-order valence-electron chi connectivity index (χ0n) is 10.6. The molecular formula is C12H19ClN4O. The van der Waals surface area contributed by atoms with Crippen LogP contribution >= 0.6 is 11.6 Å². The summed E-state index contributed by atoms with van der Waals surface area (Å²) >= 11 is 5.48. The molecule has 1 aliphatic rings. The van der Waals surface area contributed by atoms with Crippen molar-refractivity contribution >= 4 is 17.5 Å². The van der Waals surface area contributed by atoms with Gasteiger partial charge >= 0.3 is 0 Å². The molecule has 1 amide bonds. The summed E-state index contributed by atoms with van der Waals surface area (Å²) in [5.74, 6) is -0.0170. The van der Waals surface area contributed by atoms with E-state index in [0.29, 0.717) is 0 Å². The number of amides is 1. The SMILES string of the molecule is Cn1nccc1CN1CCC(NC(=O)CCl)CC1. The molecule has 1 aromatic rings. The fraction of sp³-hybridized carbons (Fsp3) is 0.667. The van der Waals surface area contributed by atoms with E-state index in [-0.39, 0.29) is 17.8 Å². The third-order valence-corrected chi connectivity index (χ3v) is 3.62. The summed E-state index contributed by atoms with van der Waals surface area (Å²) in [5, 5.41) is 7.11. The first-order chi connectivity index (χ1) is 8.69. The lowest BCUT2D eigenvalue weighted by molar-refractivity contribution is -0.119. The van der Waals surface area contributed by atoms with Crippen LogP contribution in [-0.2, 0) is 18.4 Å². The molecule has 1 saturated heterocycles. The summed E-state index contributed by atoms with van der Waals surface area (Å²) < 4.78 is 1.90. The summed E-state index contributed by atoms with van der Waals surface area (Å²) in [7, 11) is 1.96. The van der Waals surface area contributed by atoms with Gasteiger partial charge in [0.2, 0.25) is 5.91 Å². The van der Waals surface area contributed by atoms with Gasteiger partial charge in [0.25, 0.3) is 0 Å². The van der Waals surface area contributed by atoms with Gasteiger partial charge < -0.3 is 5.32 Å². The molecule has 0 spiro atoms. The molecule has 2 rings (SSSR count). The number of hydrogen-bond acceptors (Lipinski definition) is 3. The van der Waals surface area contributed by atoms with Crippen molar-refractivity contribution in [2.75, 3.05) is 19.0 Å². The predicted octanol–water partition coefficient (Wildman–Crippen LogP) is 0.740. The van der Waals surface area contributed by atoms with Crippen LogP contribution in [0.5, 0.6) is 0 Å². The molecule has 0 radical (unpaired) electrons. The van der Waals surface area contributed by atoms with Gasteiger partial charge in [0.05, 0.1) is 5.69 Å². The summed E-state index contributed by atoms with van der Waals surface area (Å²) in [6, 6.07) is 2.32. The number of rotatable bonds is 4. The maximum absolute atomic E-state index is 11.2. The minimum atomic E-state index is -0.0678. The predicted molar refractivity (Wildman–Crippen MR) is 70.4 cm³/mol. The lowest BCUT2D eigenvalue weighted by Gasteiger charge is -2.32. The number of aryl methyl sites for hydroxylation is 1. The molecular weight excluding hydrogens is 252 g/mol. The molecule has 0 unspecified atom stereocenters. The number of likely N-dealkylation sites (tertiary alicyclic amines) is 1. The van der Waals surface area contributed by atoms with Crippen molar-refractivity contribution < 1.29 is 4.79 Å². The molecule has 0 atom stereocenters. The van der Waals surface area contributed by atoms with E-state index in [4.69, 9.17) is 11.6 Å². The number of nitrogens with zero attached hydrogens (tertiary/aromatic N) is 3. The van der Waals surface area contributed by atoms with Crippen LogP contribution in [0.25, 0.3) is 0 Å². The largest absolute Gasteiger partial charge is 0.352 e. The standard InChI is InChI=1S/C12H19ClN4O/c1-16-11(2-5-14-16)9-17-6-3-10(4-7-17)15-12(18)8-13/h2,5,10H,3-4,6-9H2,1H3,(H,15,18). The second-order valence-electron chi connectivity index (χ2n) is 4.70. The minimum absolute atomic E-state index is 0.0508. The third kappa shape index (κ3) is 3.46. The van der Waals surface area contributed by atoms with Gasteiger partial charge in [0, 0.05) is 38.9 Å². The Balaban J connectivity index is 1.77. The molecule has 6 heteroatoms. The fourth-order valence-electron chi connectivity index (χ4n) is 2.29. The lowest BCUT2D eigenvalue weighted by atomic mass is 10.0. The van der Waals surface area contributed by atoms with Gasteiger partial charge in [-0.2, -0.15) is 5.10 Å². The average molecular weight is 271 g/mol. The van der Waals surface area contributed by atoms with Crippen molar-refractivity contribution in [2.45, 2.75) is 25.4 Å². The van der Waals surface area contributed by atoms with E-state index in [9.17, 15) is 4.79 Å². The molecule has 5 nitrogen and oxygen atoms in total. The number of hydrogen-bond donors (Lipinski definition) is 1. The Bertz CT molecular complexity index is 399. The molecule has 0 aromatic carbocycles. The third-order valence-electron chi connectivity index (χ3n) is 3.38. The number of alkyl halides is 1. The second kappa shape index (κ2) is 6.20. The van der Waals surface area contributed by atoms with Crippen molar-refractivity contribution in [3.05, 3.63) is 18.0 Å². The topological polar surface area (TPSA) is 50.2 Å². The first-order valence-corrected chi connectivity index (χ1v) is 6.77. The Labute approximate surface area is 112 Å². The van der Waals surface area contributed by atoms with E-state index >= 15 is 0 Å². The van der Waals surface area contributed by atoms with E-state index in [0.717, 1.165) is 32.5 Å². The molecule has 1 aliphatic heterocycles. The molecule has 1 N–H and O–H groups in total. The maximum Gasteiger partial charge on any atom is 0.235 e. The lowest BCUT2D eigenvalue weighted by Crippen LogP contribution is -2.44. The van der Waals surface area contributed by atoms with Crippen LogP contribution in [0, 0.1) is 0 Å². The number of piperidine rings is 1. The van der Waals surface area contributed by atoms with Crippen molar-refractivity contribution in [2.24, 2.45) is 7.05 Å². The van der Waals surface area contributed by atoms with E-state index in [1.54, 1.807) is 0 Å². The molecule has 1 aromatic heterocycles. The molecule has 100 valence electrons. The Morgan fingerprint density at radius 1 is 1.56 bits per heavy atom. The number of carbonyl (C=O) groups is 1. The summed E-state index contributed by atoms with van der Waals surface area (Å²) in [4.78, 5) is 13.6. The van der Waals surface area contributed by atoms with Gasteiger partial charge in [-0.15, -0.1) is 11.6 Å². The zero-order valence-corrected chi connectivity index (χ0v) is 11.4. The van der Waals surface area contributed by atoms with Crippen LogP contribution in [0.1, 0.15) is 18.5 Å². The van der Waals surface area contributed by atoms with Crippen LogP contribution in [0.2, 0.25) is 0 Å². The summed E-state index contributed by atoms with van der Waals surface area (Å²) in [6.45, 7) is 2.92. The number of aromatic nitrogens is 2. The highest BCUT2D eigenvalue weighted by Crippen LogP contribution is 2.13. The van der Waals surface area contributed by atoms with Gasteiger partial charge in [-0.1, -0.05) is 0 Å². The average Bonchev–Trinajstić information content (AvgIpc) is 2.77. The number of carbonyl (C=O) groups excluding carboxylic acids is 1. The van der Waals surface area contributed by atoms with Crippen molar-refractivity contribution in [3.8, 4) is 0 Å². The van der Waals surface area contributed by atoms with Crippen LogP contribution in [0.15, 0.2) is 12.3 Å². The first kappa shape index (κ1) is 13.4. The van der Waals surface area contributed by atoms with Gasteiger partial charge in [0.15, 0.2) is 0 Å². The van der Waals surface area contributed by atoms with Gasteiger partial charge in [-0.05, 0) is 18.9 Å². The maximum atomic E-state index is 11.2. The molecule has 0 saturated carbocycles. The Morgan fingerprint density at radius 2 is 2.28 bits per heavy atom. The Morgan fingerprint density at radius 3 is 2.83 bits per heavy atom. The fourth-order valence-corrected chi connectivity index (χ4v) is 2.36. The normalized spacial score (nSPS) is 17.9. The highest BCUT2D eigenvalue weighted by atomic mass is 35.5. The highest BCUT2D eigenvalue weighted by Gasteiger charge is 2.20. The van der Waals surface area contributed by atoms with E-state index in [1.165, 1.54) is 5.69 Å². The smallest absolute Gasteiger partial charge is 0.235 e.